The monoisotopic (exact) mass is 801 g/mol. The summed E-state index contributed by atoms with van der Waals surface area (Å²) in [5.41, 5.74) is 17.8. The van der Waals surface area contributed by atoms with Crippen LogP contribution in [-0.4, -0.2) is 13.7 Å². The van der Waals surface area contributed by atoms with E-state index in [1.165, 1.54) is 104 Å². The molecule has 0 saturated carbocycles. The topological polar surface area (TPSA) is 14.8 Å². The maximum Gasteiger partial charge on any atom is 0.0546 e. The lowest BCUT2D eigenvalue weighted by Crippen LogP contribution is -1.98. The third-order valence-corrected chi connectivity index (χ3v) is 13.0. The van der Waals surface area contributed by atoms with Crippen molar-refractivity contribution in [2.45, 2.75) is 0 Å². The van der Waals surface area contributed by atoms with Crippen molar-refractivity contribution in [1.82, 2.24) is 13.7 Å². The Bertz CT molecular complexity index is 3890. The van der Waals surface area contributed by atoms with Crippen molar-refractivity contribution in [2.75, 3.05) is 0 Å². The van der Waals surface area contributed by atoms with Crippen LogP contribution in [0.5, 0.6) is 0 Å². The van der Waals surface area contributed by atoms with E-state index in [1.54, 1.807) is 0 Å². The Morgan fingerprint density at radius 2 is 0.603 bits per heavy atom. The lowest BCUT2D eigenvalue weighted by atomic mass is 9.98. The Balaban J connectivity index is 0.977. The van der Waals surface area contributed by atoms with E-state index < -0.39 is 0 Å². The number of rotatable bonds is 6. The first kappa shape index (κ1) is 35.4. The van der Waals surface area contributed by atoms with E-state index in [9.17, 15) is 0 Å². The molecule has 10 aromatic carbocycles. The standard InChI is InChI=1S/C60H39N3/c1-4-16-40(17-5-1)44-28-32-47(41-18-6-2-7-19-41)60(38-44)63-56-27-15-12-23-49(56)52-37-43(30-34-59(52)63)42-29-33-57-51(36-42)48-22-10-14-26-55(48)62(57)46-31-35-58-53(39-46)50-24-11-13-25-54(50)61(58)45-20-8-3-9-21-45/h1-39H. The minimum atomic E-state index is 1.15. The van der Waals surface area contributed by atoms with Crippen LogP contribution in [0.25, 0.3) is 116 Å². The van der Waals surface area contributed by atoms with Crippen LogP contribution in [0.15, 0.2) is 237 Å². The fourth-order valence-corrected chi connectivity index (χ4v) is 10.2. The van der Waals surface area contributed by atoms with Crippen LogP contribution >= 0.6 is 0 Å². The van der Waals surface area contributed by atoms with Crippen LogP contribution in [0.4, 0.5) is 0 Å². The molecule has 3 nitrogen and oxygen atoms in total. The molecule has 13 rings (SSSR count). The van der Waals surface area contributed by atoms with Gasteiger partial charge >= 0.3 is 0 Å². The van der Waals surface area contributed by atoms with E-state index >= 15 is 0 Å². The Kier molecular flexibility index (Phi) is 7.91. The summed E-state index contributed by atoms with van der Waals surface area (Å²) in [5, 5.41) is 7.44. The van der Waals surface area contributed by atoms with Gasteiger partial charge in [0.25, 0.3) is 0 Å². The van der Waals surface area contributed by atoms with Crippen LogP contribution in [0.2, 0.25) is 0 Å². The SMILES string of the molecule is c1ccc(-c2ccc(-c3ccccc3)c(-n3c4ccccc4c4cc(-c5ccc6c(c5)c5ccccc5n6-c5ccc6c(c5)c5ccccc5n6-c5ccccc5)ccc43)c2)cc1. The lowest BCUT2D eigenvalue weighted by molar-refractivity contribution is 1.17. The number of fused-ring (bicyclic) bond motifs is 9. The Morgan fingerprint density at radius 3 is 1.19 bits per heavy atom. The van der Waals surface area contributed by atoms with Crippen molar-refractivity contribution >= 4 is 65.4 Å². The first-order chi connectivity index (χ1) is 31.3. The zero-order valence-corrected chi connectivity index (χ0v) is 34.4. The maximum atomic E-state index is 2.47. The molecule has 3 heteroatoms. The van der Waals surface area contributed by atoms with Gasteiger partial charge in [0.1, 0.15) is 0 Å². The van der Waals surface area contributed by atoms with Crippen molar-refractivity contribution in [3.05, 3.63) is 237 Å². The molecular weight excluding hydrogens is 763 g/mol. The molecule has 0 aliphatic carbocycles. The van der Waals surface area contributed by atoms with E-state index in [0.29, 0.717) is 0 Å². The second-order valence-corrected chi connectivity index (χ2v) is 16.5. The Labute approximate surface area is 364 Å². The van der Waals surface area contributed by atoms with E-state index in [2.05, 4.69) is 250 Å². The summed E-state index contributed by atoms with van der Waals surface area (Å²) < 4.78 is 7.28. The number of hydrogen-bond donors (Lipinski definition) is 0. The molecule has 0 bridgehead atoms. The van der Waals surface area contributed by atoms with Gasteiger partial charge in [0.05, 0.1) is 38.8 Å². The number of nitrogens with zero attached hydrogens (tertiary/aromatic N) is 3. The molecule has 0 amide bonds. The van der Waals surface area contributed by atoms with Gasteiger partial charge in [-0.3, -0.25) is 0 Å². The van der Waals surface area contributed by atoms with Crippen LogP contribution in [0, 0.1) is 0 Å². The average Bonchev–Trinajstić information content (AvgIpc) is 3.99. The maximum absolute atomic E-state index is 2.47. The molecule has 0 atom stereocenters. The van der Waals surface area contributed by atoms with Crippen molar-refractivity contribution < 1.29 is 0 Å². The van der Waals surface area contributed by atoms with E-state index in [1.807, 2.05) is 0 Å². The van der Waals surface area contributed by atoms with Crippen LogP contribution in [0.3, 0.4) is 0 Å². The van der Waals surface area contributed by atoms with Gasteiger partial charge in [-0.05, 0) is 107 Å². The van der Waals surface area contributed by atoms with Gasteiger partial charge in [-0.1, -0.05) is 158 Å². The summed E-state index contributed by atoms with van der Waals surface area (Å²) in [6.07, 6.45) is 0. The second kappa shape index (κ2) is 14.1. The van der Waals surface area contributed by atoms with Crippen molar-refractivity contribution in [2.24, 2.45) is 0 Å². The van der Waals surface area contributed by atoms with Crippen molar-refractivity contribution in [1.29, 1.82) is 0 Å². The minimum Gasteiger partial charge on any atom is -0.309 e. The predicted molar refractivity (Wildman–Crippen MR) is 266 cm³/mol. The third kappa shape index (κ3) is 5.53. The molecule has 0 aliphatic rings. The number of para-hydroxylation sites is 4. The van der Waals surface area contributed by atoms with Gasteiger partial charge in [0, 0.05) is 49.3 Å². The summed E-state index contributed by atoms with van der Waals surface area (Å²) in [6.45, 7) is 0. The first-order valence-electron chi connectivity index (χ1n) is 21.7. The molecule has 0 unspecified atom stereocenters. The van der Waals surface area contributed by atoms with Gasteiger partial charge in [0.2, 0.25) is 0 Å². The fourth-order valence-electron chi connectivity index (χ4n) is 10.2. The summed E-state index contributed by atoms with van der Waals surface area (Å²) in [6, 6.07) is 86.4. The highest BCUT2D eigenvalue weighted by Crippen LogP contribution is 2.42. The van der Waals surface area contributed by atoms with E-state index in [0.717, 1.165) is 11.4 Å². The quantitative estimate of drug-likeness (QED) is 0.159. The van der Waals surface area contributed by atoms with Crippen molar-refractivity contribution in [3.8, 4) is 50.4 Å². The second-order valence-electron chi connectivity index (χ2n) is 16.5. The summed E-state index contributed by atoms with van der Waals surface area (Å²) in [7, 11) is 0. The molecule has 3 aromatic heterocycles. The summed E-state index contributed by atoms with van der Waals surface area (Å²) in [5.74, 6) is 0. The highest BCUT2D eigenvalue weighted by atomic mass is 15.0. The van der Waals surface area contributed by atoms with Gasteiger partial charge < -0.3 is 13.7 Å². The van der Waals surface area contributed by atoms with Gasteiger partial charge in [-0.2, -0.15) is 0 Å². The molecule has 0 spiro atoms. The van der Waals surface area contributed by atoms with Crippen LogP contribution < -0.4 is 0 Å². The number of benzene rings is 10. The van der Waals surface area contributed by atoms with Crippen molar-refractivity contribution in [3.63, 3.8) is 0 Å². The Morgan fingerprint density at radius 1 is 0.206 bits per heavy atom. The summed E-state index contributed by atoms with van der Waals surface area (Å²) >= 11 is 0. The van der Waals surface area contributed by atoms with Crippen LogP contribution in [0.1, 0.15) is 0 Å². The fraction of sp³-hybridized carbons (Fsp3) is 0. The largest absolute Gasteiger partial charge is 0.309 e. The third-order valence-electron chi connectivity index (χ3n) is 13.0. The van der Waals surface area contributed by atoms with Gasteiger partial charge in [-0.15, -0.1) is 0 Å². The molecule has 63 heavy (non-hydrogen) atoms. The lowest BCUT2D eigenvalue weighted by Gasteiger charge is -2.16. The molecule has 0 saturated heterocycles. The molecule has 294 valence electrons. The smallest absolute Gasteiger partial charge is 0.0546 e. The molecule has 13 aromatic rings. The molecule has 0 fully saturated rings. The highest BCUT2D eigenvalue weighted by molar-refractivity contribution is 6.14. The summed E-state index contributed by atoms with van der Waals surface area (Å²) in [4.78, 5) is 0. The highest BCUT2D eigenvalue weighted by Gasteiger charge is 2.20. The Hall–Kier alpha value is -8.40. The average molecular weight is 802 g/mol. The zero-order valence-electron chi connectivity index (χ0n) is 34.4. The minimum absolute atomic E-state index is 1.15. The molecular formula is C60H39N3. The first-order valence-corrected chi connectivity index (χ1v) is 21.7. The van der Waals surface area contributed by atoms with E-state index in [4.69, 9.17) is 0 Å². The normalized spacial score (nSPS) is 11.8. The predicted octanol–water partition coefficient (Wildman–Crippen LogP) is 16.0. The zero-order chi connectivity index (χ0) is 41.4. The molecule has 0 N–H and O–H groups in total. The molecule has 0 aliphatic heterocycles. The molecule has 3 heterocycles. The van der Waals surface area contributed by atoms with Gasteiger partial charge in [-0.25, -0.2) is 0 Å². The van der Waals surface area contributed by atoms with Gasteiger partial charge in [0.15, 0.2) is 0 Å². The number of aromatic nitrogens is 3. The molecule has 0 radical (unpaired) electrons. The number of hydrogen-bond acceptors (Lipinski definition) is 0. The van der Waals surface area contributed by atoms with Crippen LogP contribution in [-0.2, 0) is 0 Å². The van der Waals surface area contributed by atoms with E-state index in [-0.39, 0.29) is 0 Å².